The Labute approximate surface area is 131 Å². The quantitative estimate of drug-likeness (QED) is 0.259. The van der Waals surface area contributed by atoms with Crippen molar-refractivity contribution in [2.24, 2.45) is 17.5 Å². The highest BCUT2D eigenvalue weighted by atomic mass is 17.3. The third-order valence-electron chi connectivity index (χ3n) is 4.02. The van der Waals surface area contributed by atoms with Gasteiger partial charge in [-0.25, -0.2) is 0 Å². The van der Waals surface area contributed by atoms with Crippen LogP contribution in [0.1, 0.15) is 78.1 Å². The van der Waals surface area contributed by atoms with Crippen molar-refractivity contribution >= 4 is 0 Å². The standard InChI is InChI=1S/C16H37N3O2/c1-3-5-12-16(4-2)15-19(21-20-18)14-11-9-7-6-8-10-13-17/h16H,3-15,17-18H2,1-2H3. The molecule has 0 amide bonds. The minimum atomic E-state index is 0.657. The Morgan fingerprint density at radius 1 is 0.952 bits per heavy atom. The molecule has 128 valence electrons. The number of unbranched alkanes of at least 4 members (excludes halogenated alkanes) is 6. The normalized spacial score (nSPS) is 13.0. The molecule has 0 radical (unpaired) electrons. The molecule has 0 heterocycles. The van der Waals surface area contributed by atoms with Gasteiger partial charge in [0, 0.05) is 13.1 Å². The summed E-state index contributed by atoms with van der Waals surface area (Å²) in [6, 6.07) is 0. The minimum absolute atomic E-state index is 0.657. The van der Waals surface area contributed by atoms with Gasteiger partial charge >= 0.3 is 0 Å². The van der Waals surface area contributed by atoms with E-state index in [1.165, 1.54) is 51.4 Å². The number of nitrogens with two attached hydrogens (primary N) is 2. The maximum absolute atomic E-state index is 5.49. The largest absolute Gasteiger partial charge is 0.330 e. The Hall–Kier alpha value is -0.200. The van der Waals surface area contributed by atoms with Crippen molar-refractivity contribution in [2.75, 3.05) is 19.6 Å². The van der Waals surface area contributed by atoms with Gasteiger partial charge in [0.05, 0.1) is 0 Å². The summed E-state index contributed by atoms with van der Waals surface area (Å²) in [5, 5.41) is 1.88. The zero-order chi connectivity index (χ0) is 15.8. The second kappa shape index (κ2) is 16.2. The zero-order valence-corrected chi connectivity index (χ0v) is 14.2. The van der Waals surface area contributed by atoms with Gasteiger partial charge in [-0.15, -0.1) is 9.98 Å². The van der Waals surface area contributed by atoms with Gasteiger partial charge in [0.1, 0.15) is 0 Å². The van der Waals surface area contributed by atoms with Gasteiger partial charge in [0.25, 0.3) is 0 Å². The molecule has 5 nitrogen and oxygen atoms in total. The van der Waals surface area contributed by atoms with Crippen LogP contribution in [0.25, 0.3) is 0 Å². The van der Waals surface area contributed by atoms with E-state index in [1.807, 2.05) is 5.06 Å². The Morgan fingerprint density at radius 3 is 2.19 bits per heavy atom. The Balaban J connectivity index is 3.78. The molecule has 0 aliphatic carbocycles. The van der Waals surface area contributed by atoms with Crippen LogP contribution in [0.15, 0.2) is 0 Å². The Morgan fingerprint density at radius 2 is 1.62 bits per heavy atom. The predicted molar refractivity (Wildman–Crippen MR) is 88.0 cm³/mol. The van der Waals surface area contributed by atoms with Gasteiger partial charge in [0.2, 0.25) is 0 Å². The lowest BCUT2D eigenvalue weighted by atomic mass is 9.99. The van der Waals surface area contributed by atoms with E-state index in [-0.39, 0.29) is 0 Å². The molecule has 0 spiro atoms. The fourth-order valence-electron chi connectivity index (χ4n) is 2.56. The van der Waals surface area contributed by atoms with E-state index in [1.54, 1.807) is 0 Å². The van der Waals surface area contributed by atoms with Crippen LogP contribution in [0.4, 0.5) is 0 Å². The number of rotatable bonds is 16. The molecule has 5 heteroatoms. The number of nitrogens with zero attached hydrogens (tertiary/aromatic N) is 1. The molecule has 4 N–H and O–H groups in total. The first-order valence-corrected chi connectivity index (χ1v) is 8.76. The number of hydroxylamine groups is 2. The first-order valence-electron chi connectivity index (χ1n) is 8.76. The maximum atomic E-state index is 5.49. The van der Waals surface area contributed by atoms with Crippen molar-refractivity contribution in [1.82, 2.24) is 5.06 Å². The topological polar surface area (TPSA) is 73.7 Å². The summed E-state index contributed by atoms with van der Waals surface area (Å²) in [5.41, 5.74) is 5.49. The van der Waals surface area contributed by atoms with Gasteiger partial charge < -0.3 is 5.73 Å². The van der Waals surface area contributed by atoms with E-state index in [9.17, 15) is 0 Å². The molecule has 0 bridgehead atoms. The van der Waals surface area contributed by atoms with Crippen LogP contribution in [0.2, 0.25) is 0 Å². The van der Waals surface area contributed by atoms with Crippen LogP contribution in [0, 0.1) is 5.92 Å². The molecule has 21 heavy (non-hydrogen) atoms. The lowest BCUT2D eigenvalue weighted by molar-refractivity contribution is -0.433. The van der Waals surface area contributed by atoms with E-state index in [0.29, 0.717) is 5.92 Å². The van der Waals surface area contributed by atoms with Crippen LogP contribution in [0.5, 0.6) is 0 Å². The summed E-state index contributed by atoms with van der Waals surface area (Å²) in [5.74, 6) is 5.71. The summed E-state index contributed by atoms with van der Waals surface area (Å²) < 4.78 is 0. The zero-order valence-electron chi connectivity index (χ0n) is 14.2. The fraction of sp³-hybridized carbons (Fsp3) is 1.00. The van der Waals surface area contributed by atoms with E-state index < -0.39 is 0 Å². The molecule has 1 atom stereocenters. The number of hydrogen-bond acceptors (Lipinski definition) is 5. The van der Waals surface area contributed by atoms with Crippen molar-refractivity contribution in [3.63, 3.8) is 0 Å². The summed E-state index contributed by atoms with van der Waals surface area (Å²) in [7, 11) is 0. The van der Waals surface area contributed by atoms with Gasteiger partial charge in [-0.1, -0.05) is 58.8 Å². The second-order valence-corrected chi connectivity index (χ2v) is 5.89. The molecule has 0 aliphatic rings. The molecule has 0 saturated carbocycles. The maximum Gasteiger partial charge on any atom is 0.0299 e. The monoisotopic (exact) mass is 303 g/mol. The van der Waals surface area contributed by atoms with E-state index in [0.717, 1.165) is 32.5 Å². The summed E-state index contributed by atoms with van der Waals surface area (Å²) in [6.07, 6.45) is 12.2. The summed E-state index contributed by atoms with van der Waals surface area (Å²) >= 11 is 0. The molecule has 0 aliphatic heterocycles. The van der Waals surface area contributed by atoms with Crippen LogP contribution in [-0.2, 0) is 9.98 Å². The van der Waals surface area contributed by atoms with Crippen molar-refractivity contribution in [2.45, 2.75) is 78.1 Å². The fourth-order valence-corrected chi connectivity index (χ4v) is 2.56. The highest BCUT2D eigenvalue weighted by Gasteiger charge is 2.13. The predicted octanol–water partition coefficient (Wildman–Crippen LogP) is 3.54. The van der Waals surface area contributed by atoms with Crippen molar-refractivity contribution in [1.29, 1.82) is 0 Å². The van der Waals surface area contributed by atoms with Gasteiger partial charge in [-0.05, 0) is 31.7 Å². The van der Waals surface area contributed by atoms with Gasteiger partial charge in [0.15, 0.2) is 0 Å². The average molecular weight is 303 g/mol. The van der Waals surface area contributed by atoms with Gasteiger partial charge in [-0.2, -0.15) is 11.0 Å². The highest BCUT2D eigenvalue weighted by molar-refractivity contribution is 4.61. The molecule has 0 aromatic carbocycles. The van der Waals surface area contributed by atoms with Crippen LogP contribution in [-0.4, -0.2) is 24.7 Å². The third kappa shape index (κ3) is 13.2. The first-order chi connectivity index (χ1) is 10.3. The first kappa shape index (κ1) is 20.8. The lowest BCUT2D eigenvalue weighted by Crippen LogP contribution is -2.32. The molecular formula is C16H37N3O2. The Bertz CT molecular complexity index is 206. The van der Waals surface area contributed by atoms with Crippen LogP contribution >= 0.6 is 0 Å². The molecule has 0 aromatic heterocycles. The summed E-state index contributed by atoms with van der Waals surface area (Å²) in [4.78, 5) is 9.47. The summed E-state index contributed by atoms with van der Waals surface area (Å²) in [6.45, 7) is 7.07. The van der Waals surface area contributed by atoms with E-state index >= 15 is 0 Å². The number of hydrogen-bond donors (Lipinski definition) is 2. The molecule has 1 unspecified atom stereocenters. The lowest BCUT2D eigenvalue weighted by Gasteiger charge is -2.24. The SMILES string of the molecule is CCCCC(CC)CN(CCCCCCCCN)OON. The minimum Gasteiger partial charge on any atom is -0.330 e. The van der Waals surface area contributed by atoms with Crippen molar-refractivity contribution < 1.29 is 9.98 Å². The van der Waals surface area contributed by atoms with Crippen LogP contribution in [0.3, 0.4) is 0 Å². The second-order valence-electron chi connectivity index (χ2n) is 5.89. The molecular weight excluding hydrogens is 266 g/mol. The van der Waals surface area contributed by atoms with E-state index in [4.69, 9.17) is 16.6 Å². The van der Waals surface area contributed by atoms with Crippen LogP contribution < -0.4 is 11.6 Å². The van der Waals surface area contributed by atoms with Gasteiger partial charge in [-0.3, -0.25) is 0 Å². The molecule has 0 rings (SSSR count). The smallest absolute Gasteiger partial charge is 0.0299 e. The van der Waals surface area contributed by atoms with E-state index in [2.05, 4.69) is 18.8 Å². The van der Waals surface area contributed by atoms with Crippen molar-refractivity contribution in [3.05, 3.63) is 0 Å². The molecule has 0 saturated heterocycles. The van der Waals surface area contributed by atoms with Crippen molar-refractivity contribution in [3.8, 4) is 0 Å². The Kier molecular flexibility index (Phi) is 16.0. The highest BCUT2D eigenvalue weighted by Crippen LogP contribution is 2.15. The molecule has 0 fully saturated rings. The average Bonchev–Trinajstić information content (AvgIpc) is 2.50. The third-order valence-corrected chi connectivity index (χ3v) is 4.02. The molecule has 0 aromatic rings.